The molecule has 0 aromatic heterocycles. The molecule has 2 aliphatic rings. The SMILES string of the molecule is COc1cc2c(cc1O)C1C(O2)c2ccc(OCc3ccccc3)cc2OC1(C)C. The van der Waals surface area contributed by atoms with Gasteiger partial charge >= 0.3 is 0 Å². The Bertz CT molecular complexity index is 1090. The van der Waals surface area contributed by atoms with Gasteiger partial charge in [0.15, 0.2) is 11.5 Å². The topological polar surface area (TPSA) is 57.2 Å². The molecule has 5 nitrogen and oxygen atoms in total. The van der Waals surface area contributed by atoms with Gasteiger partial charge < -0.3 is 24.1 Å². The van der Waals surface area contributed by atoms with E-state index in [-0.39, 0.29) is 17.8 Å². The number of aromatic hydroxyl groups is 1. The summed E-state index contributed by atoms with van der Waals surface area (Å²) in [5, 5.41) is 10.3. The number of methoxy groups -OCH3 is 1. The maximum absolute atomic E-state index is 10.3. The molecule has 3 aromatic rings. The Balaban J connectivity index is 1.46. The van der Waals surface area contributed by atoms with Gasteiger partial charge in [0, 0.05) is 23.3 Å². The molecule has 0 saturated carbocycles. The van der Waals surface area contributed by atoms with E-state index in [2.05, 4.69) is 0 Å². The zero-order valence-corrected chi connectivity index (χ0v) is 17.2. The molecule has 154 valence electrons. The van der Waals surface area contributed by atoms with Gasteiger partial charge in [-0.05, 0) is 37.6 Å². The van der Waals surface area contributed by atoms with Crippen LogP contribution in [0.25, 0.3) is 0 Å². The highest BCUT2D eigenvalue weighted by atomic mass is 16.5. The molecule has 3 aromatic carbocycles. The first-order valence-corrected chi connectivity index (χ1v) is 10.0. The predicted molar refractivity (Wildman–Crippen MR) is 113 cm³/mol. The number of phenols is 1. The first kappa shape index (κ1) is 18.7. The minimum absolute atomic E-state index is 0.0482. The van der Waals surface area contributed by atoms with Gasteiger partial charge in [-0.25, -0.2) is 0 Å². The number of rotatable bonds is 4. The van der Waals surface area contributed by atoms with E-state index < -0.39 is 5.60 Å². The highest BCUT2D eigenvalue weighted by molar-refractivity contribution is 5.57. The van der Waals surface area contributed by atoms with E-state index in [0.717, 1.165) is 28.2 Å². The van der Waals surface area contributed by atoms with E-state index in [1.54, 1.807) is 12.1 Å². The fourth-order valence-corrected chi connectivity index (χ4v) is 4.44. The normalized spacial score (nSPS) is 20.2. The fourth-order valence-electron chi connectivity index (χ4n) is 4.44. The lowest BCUT2D eigenvalue weighted by Gasteiger charge is -2.41. The van der Waals surface area contributed by atoms with E-state index >= 15 is 0 Å². The van der Waals surface area contributed by atoms with Gasteiger partial charge in [-0.15, -0.1) is 0 Å². The molecule has 30 heavy (non-hydrogen) atoms. The third-order valence-electron chi connectivity index (χ3n) is 5.86. The average molecular weight is 404 g/mol. The Morgan fingerprint density at radius 3 is 2.53 bits per heavy atom. The molecule has 0 bridgehead atoms. The molecule has 2 unspecified atom stereocenters. The molecule has 0 fully saturated rings. The number of hydrogen-bond donors (Lipinski definition) is 1. The van der Waals surface area contributed by atoms with Crippen molar-refractivity contribution in [3.8, 4) is 28.7 Å². The molecular formula is C25H24O5. The highest BCUT2D eigenvalue weighted by Gasteiger charge is 2.51. The van der Waals surface area contributed by atoms with Crippen LogP contribution in [0, 0.1) is 0 Å². The molecule has 5 rings (SSSR count). The molecule has 5 heteroatoms. The summed E-state index contributed by atoms with van der Waals surface area (Å²) in [7, 11) is 1.53. The number of fused-ring (bicyclic) bond motifs is 5. The quantitative estimate of drug-likeness (QED) is 0.634. The van der Waals surface area contributed by atoms with Crippen molar-refractivity contribution in [2.45, 2.75) is 38.1 Å². The van der Waals surface area contributed by atoms with Crippen LogP contribution in [0.2, 0.25) is 0 Å². The van der Waals surface area contributed by atoms with Gasteiger partial charge in [0.05, 0.1) is 13.0 Å². The second kappa shape index (κ2) is 6.87. The van der Waals surface area contributed by atoms with Crippen molar-refractivity contribution in [2.24, 2.45) is 0 Å². The fraction of sp³-hybridized carbons (Fsp3) is 0.280. The van der Waals surface area contributed by atoms with Crippen molar-refractivity contribution >= 4 is 0 Å². The van der Waals surface area contributed by atoms with Gasteiger partial charge in [0.1, 0.15) is 35.6 Å². The van der Waals surface area contributed by atoms with Crippen LogP contribution >= 0.6 is 0 Å². The van der Waals surface area contributed by atoms with E-state index in [1.807, 2.05) is 62.4 Å². The summed E-state index contributed by atoms with van der Waals surface area (Å²) in [6, 6.07) is 19.4. The second-order valence-corrected chi connectivity index (χ2v) is 8.26. The van der Waals surface area contributed by atoms with Gasteiger partial charge in [-0.1, -0.05) is 30.3 Å². The molecular weight excluding hydrogens is 380 g/mol. The summed E-state index contributed by atoms with van der Waals surface area (Å²) >= 11 is 0. The van der Waals surface area contributed by atoms with Crippen LogP contribution in [-0.4, -0.2) is 17.8 Å². The van der Waals surface area contributed by atoms with E-state index in [0.29, 0.717) is 18.1 Å². The van der Waals surface area contributed by atoms with Gasteiger partial charge in [-0.2, -0.15) is 0 Å². The molecule has 0 spiro atoms. The minimum Gasteiger partial charge on any atom is -0.504 e. The molecule has 1 N–H and O–H groups in total. The van der Waals surface area contributed by atoms with Crippen LogP contribution in [-0.2, 0) is 6.61 Å². The first-order chi connectivity index (χ1) is 14.5. The van der Waals surface area contributed by atoms with Crippen molar-refractivity contribution in [3.05, 3.63) is 77.4 Å². The summed E-state index contributed by atoms with van der Waals surface area (Å²) in [4.78, 5) is 0. The summed E-state index contributed by atoms with van der Waals surface area (Å²) < 4.78 is 24.0. The van der Waals surface area contributed by atoms with Gasteiger partial charge in [-0.3, -0.25) is 0 Å². The van der Waals surface area contributed by atoms with Crippen molar-refractivity contribution < 1.29 is 24.1 Å². The van der Waals surface area contributed by atoms with Crippen molar-refractivity contribution in [2.75, 3.05) is 7.11 Å². The third-order valence-corrected chi connectivity index (χ3v) is 5.86. The lowest BCUT2D eigenvalue weighted by molar-refractivity contribution is 0.0127. The van der Waals surface area contributed by atoms with Crippen LogP contribution < -0.4 is 18.9 Å². The van der Waals surface area contributed by atoms with Crippen molar-refractivity contribution in [3.63, 3.8) is 0 Å². The summed E-state index contributed by atoms with van der Waals surface area (Å²) in [5.41, 5.74) is 2.49. The standard InChI is InChI=1S/C25H24O5/c1-25(2)23-18-12-19(26)22(27-3)13-20(18)29-24(23)17-10-9-16(11-21(17)30-25)28-14-15-7-5-4-6-8-15/h4-13,23-24,26H,14H2,1-3H3. The molecule has 2 atom stereocenters. The van der Waals surface area contributed by atoms with Crippen LogP contribution in [0.1, 0.15) is 42.6 Å². The number of phenolic OH excluding ortho intramolecular Hbond substituents is 1. The smallest absolute Gasteiger partial charge is 0.164 e. The first-order valence-electron chi connectivity index (χ1n) is 10.0. The molecule has 0 saturated heterocycles. The Labute approximate surface area is 175 Å². The number of hydrogen-bond acceptors (Lipinski definition) is 5. The zero-order chi connectivity index (χ0) is 20.9. The number of benzene rings is 3. The Hall–Kier alpha value is -3.34. The molecule has 0 radical (unpaired) electrons. The van der Waals surface area contributed by atoms with Crippen LogP contribution in [0.3, 0.4) is 0 Å². The van der Waals surface area contributed by atoms with Gasteiger partial charge in [0.2, 0.25) is 0 Å². The molecule has 0 aliphatic carbocycles. The van der Waals surface area contributed by atoms with Crippen LogP contribution in [0.15, 0.2) is 60.7 Å². The Morgan fingerprint density at radius 1 is 0.967 bits per heavy atom. The third kappa shape index (κ3) is 3.02. The minimum atomic E-state index is -0.526. The summed E-state index contributed by atoms with van der Waals surface area (Å²) in [6.07, 6.45) is -0.201. The Kier molecular flexibility index (Phi) is 4.28. The summed E-state index contributed by atoms with van der Waals surface area (Å²) in [5.74, 6) is 2.68. The van der Waals surface area contributed by atoms with E-state index in [4.69, 9.17) is 18.9 Å². The van der Waals surface area contributed by atoms with Crippen molar-refractivity contribution in [1.82, 2.24) is 0 Å². The zero-order valence-electron chi connectivity index (χ0n) is 17.2. The lowest BCUT2D eigenvalue weighted by Crippen LogP contribution is -2.42. The molecule has 2 aliphatic heterocycles. The van der Waals surface area contributed by atoms with Crippen molar-refractivity contribution in [1.29, 1.82) is 0 Å². The molecule has 2 heterocycles. The van der Waals surface area contributed by atoms with E-state index in [9.17, 15) is 5.11 Å². The van der Waals surface area contributed by atoms with Crippen LogP contribution in [0.4, 0.5) is 0 Å². The Morgan fingerprint density at radius 2 is 1.77 bits per heavy atom. The largest absolute Gasteiger partial charge is 0.504 e. The molecule has 0 amide bonds. The number of ether oxygens (including phenoxy) is 4. The summed E-state index contributed by atoms with van der Waals surface area (Å²) in [6.45, 7) is 4.59. The van der Waals surface area contributed by atoms with Crippen LogP contribution in [0.5, 0.6) is 28.7 Å². The maximum atomic E-state index is 10.3. The lowest BCUT2D eigenvalue weighted by atomic mass is 9.77. The highest BCUT2D eigenvalue weighted by Crippen LogP contribution is 2.58. The van der Waals surface area contributed by atoms with Gasteiger partial charge in [0.25, 0.3) is 0 Å². The maximum Gasteiger partial charge on any atom is 0.164 e. The predicted octanol–water partition coefficient (Wildman–Crippen LogP) is 5.37. The van der Waals surface area contributed by atoms with E-state index in [1.165, 1.54) is 7.11 Å². The monoisotopic (exact) mass is 404 g/mol. The second-order valence-electron chi connectivity index (χ2n) is 8.26. The average Bonchev–Trinajstić information content (AvgIpc) is 3.11.